The molecule has 0 radical (unpaired) electrons. The molecule has 7 heteroatoms. The van der Waals surface area contributed by atoms with Gasteiger partial charge in [0.25, 0.3) is 5.56 Å². The van der Waals surface area contributed by atoms with Gasteiger partial charge in [0.15, 0.2) is 5.16 Å². The molecule has 0 N–H and O–H groups in total. The van der Waals surface area contributed by atoms with Crippen LogP contribution in [0.15, 0.2) is 32.8 Å². The predicted molar refractivity (Wildman–Crippen MR) is 94.7 cm³/mol. The summed E-state index contributed by atoms with van der Waals surface area (Å²) >= 11 is 3.10. The summed E-state index contributed by atoms with van der Waals surface area (Å²) in [5.74, 6) is 1.35. The largest absolute Gasteiger partial charge is 0.467 e. The molecule has 0 atom stereocenters. The van der Waals surface area contributed by atoms with Gasteiger partial charge in [-0.3, -0.25) is 9.36 Å². The molecule has 5 nitrogen and oxygen atoms in total. The lowest BCUT2D eigenvalue weighted by molar-refractivity contribution is 0.476. The Hall–Kier alpha value is -2.04. The standard InChI is InChI=1S/C17H15N3O2S2/c18-7-3-9-23-17-19-15-14(12-5-1-6-13(12)24-15)16(21)20(17)10-11-4-2-8-22-11/h2,4,8H,1,3,5-6,9-10H2. The van der Waals surface area contributed by atoms with Crippen LogP contribution in [0.3, 0.4) is 0 Å². The zero-order valence-corrected chi connectivity index (χ0v) is 14.6. The summed E-state index contributed by atoms with van der Waals surface area (Å²) in [5, 5.41) is 10.2. The summed E-state index contributed by atoms with van der Waals surface area (Å²) < 4.78 is 7.10. The number of fused-ring (bicyclic) bond motifs is 3. The minimum Gasteiger partial charge on any atom is -0.467 e. The molecular formula is C17H15N3O2S2. The van der Waals surface area contributed by atoms with Crippen molar-refractivity contribution in [3.05, 3.63) is 45.0 Å². The highest BCUT2D eigenvalue weighted by Crippen LogP contribution is 2.35. The number of nitriles is 1. The van der Waals surface area contributed by atoms with Gasteiger partial charge in [0.1, 0.15) is 10.6 Å². The first-order chi connectivity index (χ1) is 11.8. The molecule has 3 aromatic rings. The molecule has 1 aliphatic carbocycles. The van der Waals surface area contributed by atoms with Crippen LogP contribution in [0.4, 0.5) is 0 Å². The molecular weight excluding hydrogens is 342 g/mol. The monoisotopic (exact) mass is 357 g/mol. The molecule has 122 valence electrons. The Morgan fingerprint density at radius 3 is 3.17 bits per heavy atom. The summed E-state index contributed by atoms with van der Waals surface area (Å²) in [6.07, 6.45) is 5.17. The van der Waals surface area contributed by atoms with Crippen molar-refractivity contribution in [1.29, 1.82) is 5.26 Å². The zero-order chi connectivity index (χ0) is 16.5. The van der Waals surface area contributed by atoms with Crippen LogP contribution in [-0.4, -0.2) is 15.3 Å². The summed E-state index contributed by atoms with van der Waals surface area (Å²) in [6, 6.07) is 5.81. The molecule has 0 aromatic carbocycles. The quantitative estimate of drug-likeness (QED) is 0.396. The molecule has 0 fully saturated rings. The third kappa shape index (κ3) is 2.66. The third-order valence-corrected chi connectivity index (χ3v) is 6.29. The van der Waals surface area contributed by atoms with Gasteiger partial charge >= 0.3 is 0 Å². The molecule has 0 unspecified atom stereocenters. The van der Waals surface area contributed by atoms with E-state index in [9.17, 15) is 4.79 Å². The van der Waals surface area contributed by atoms with Gasteiger partial charge in [-0.1, -0.05) is 11.8 Å². The van der Waals surface area contributed by atoms with Gasteiger partial charge in [-0.15, -0.1) is 11.3 Å². The van der Waals surface area contributed by atoms with Crippen molar-refractivity contribution in [3.8, 4) is 6.07 Å². The number of aromatic nitrogens is 2. The average molecular weight is 357 g/mol. The minimum absolute atomic E-state index is 0.00950. The number of hydrogen-bond acceptors (Lipinski definition) is 6. The maximum absolute atomic E-state index is 13.1. The first-order valence-electron chi connectivity index (χ1n) is 7.85. The average Bonchev–Trinajstić information content (AvgIpc) is 3.27. The van der Waals surface area contributed by atoms with Crippen LogP contribution in [0.25, 0.3) is 10.2 Å². The topological polar surface area (TPSA) is 71.8 Å². The van der Waals surface area contributed by atoms with Gasteiger partial charge in [-0.25, -0.2) is 4.98 Å². The van der Waals surface area contributed by atoms with Crippen LogP contribution in [-0.2, 0) is 19.4 Å². The van der Waals surface area contributed by atoms with Gasteiger partial charge in [0, 0.05) is 17.1 Å². The molecule has 0 saturated carbocycles. The van der Waals surface area contributed by atoms with Crippen LogP contribution in [0.1, 0.15) is 29.0 Å². The van der Waals surface area contributed by atoms with E-state index in [-0.39, 0.29) is 5.56 Å². The lowest BCUT2D eigenvalue weighted by Gasteiger charge is -2.10. The number of furan rings is 1. The SMILES string of the molecule is N#CCCSc1nc2sc3c(c2c(=O)n1Cc1ccco1)CCC3. The van der Waals surface area contributed by atoms with Crippen molar-refractivity contribution in [2.45, 2.75) is 37.4 Å². The number of nitrogens with zero attached hydrogens (tertiary/aromatic N) is 3. The first-order valence-corrected chi connectivity index (χ1v) is 9.65. The second-order valence-electron chi connectivity index (χ2n) is 5.66. The molecule has 0 bridgehead atoms. The van der Waals surface area contributed by atoms with Gasteiger partial charge in [0.05, 0.1) is 24.3 Å². The van der Waals surface area contributed by atoms with E-state index < -0.39 is 0 Å². The van der Waals surface area contributed by atoms with E-state index in [0.29, 0.717) is 23.9 Å². The number of thioether (sulfide) groups is 1. The lowest BCUT2D eigenvalue weighted by atomic mass is 10.2. The third-order valence-electron chi connectivity index (χ3n) is 4.13. The van der Waals surface area contributed by atoms with Crippen molar-refractivity contribution in [2.75, 3.05) is 5.75 Å². The van der Waals surface area contributed by atoms with Crippen LogP contribution < -0.4 is 5.56 Å². The zero-order valence-electron chi connectivity index (χ0n) is 12.9. The highest BCUT2D eigenvalue weighted by atomic mass is 32.2. The summed E-state index contributed by atoms with van der Waals surface area (Å²) in [7, 11) is 0. The Balaban J connectivity index is 1.85. The number of aryl methyl sites for hydroxylation is 2. The minimum atomic E-state index is 0.00950. The Morgan fingerprint density at radius 2 is 2.38 bits per heavy atom. The van der Waals surface area contributed by atoms with Crippen LogP contribution >= 0.6 is 23.1 Å². The van der Waals surface area contributed by atoms with E-state index in [4.69, 9.17) is 14.7 Å². The molecule has 1 aliphatic rings. The van der Waals surface area contributed by atoms with Crippen molar-refractivity contribution in [3.63, 3.8) is 0 Å². The summed E-state index contributed by atoms with van der Waals surface area (Å²) in [5.41, 5.74) is 1.20. The molecule has 0 amide bonds. The number of rotatable bonds is 5. The van der Waals surface area contributed by atoms with Crippen LogP contribution in [0.2, 0.25) is 0 Å². The fraction of sp³-hybridized carbons (Fsp3) is 0.353. The Morgan fingerprint density at radius 1 is 1.46 bits per heavy atom. The van der Waals surface area contributed by atoms with Crippen molar-refractivity contribution in [1.82, 2.24) is 9.55 Å². The highest BCUT2D eigenvalue weighted by molar-refractivity contribution is 7.99. The molecule has 3 aromatic heterocycles. The fourth-order valence-electron chi connectivity index (χ4n) is 3.05. The molecule has 3 heterocycles. The molecule has 24 heavy (non-hydrogen) atoms. The van der Waals surface area contributed by atoms with E-state index >= 15 is 0 Å². The first kappa shape index (κ1) is 15.5. The molecule has 0 saturated heterocycles. The Bertz CT molecular complexity index is 980. The van der Waals surface area contributed by atoms with Gasteiger partial charge in [0.2, 0.25) is 0 Å². The van der Waals surface area contributed by atoms with Gasteiger partial charge in [-0.2, -0.15) is 5.26 Å². The van der Waals surface area contributed by atoms with E-state index in [1.54, 1.807) is 22.2 Å². The maximum atomic E-state index is 13.1. The van der Waals surface area contributed by atoms with Crippen molar-refractivity contribution in [2.24, 2.45) is 0 Å². The van der Waals surface area contributed by atoms with E-state index in [2.05, 4.69) is 6.07 Å². The number of hydrogen-bond donors (Lipinski definition) is 0. The van der Waals surface area contributed by atoms with E-state index in [1.165, 1.54) is 22.2 Å². The highest BCUT2D eigenvalue weighted by Gasteiger charge is 2.23. The fourth-order valence-corrected chi connectivity index (χ4v) is 5.20. The second-order valence-corrected chi connectivity index (χ2v) is 7.80. The molecule has 0 spiro atoms. The number of thiophene rings is 1. The van der Waals surface area contributed by atoms with Crippen LogP contribution in [0.5, 0.6) is 0 Å². The van der Waals surface area contributed by atoms with E-state index in [1.807, 2.05) is 12.1 Å². The predicted octanol–water partition coefficient (Wildman–Crippen LogP) is 3.59. The lowest BCUT2D eigenvalue weighted by Crippen LogP contribution is -2.24. The van der Waals surface area contributed by atoms with Crippen molar-refractivity contribution < 1.29 is 4.42 Å². The second kappa shape index (κ2) is 6.46. The maximum Gasteiger partial charge on any atom is 0.263 e. The molecule has 4 rings (SSSR count). The smallest absolute Gasteiger partial charge is 0.263 e. The van der Waals surface area contributed by atoms with Crippen LogP contribution in [0, 0.1) is 11.3 Å². The summed E-state index contributed by atoms with van der Waals surface area (Å²) in [6.45, 7) is 0.369. The Labute approximate surface area is 146 Å². The van der Waals surface area contributed by atoms with Gasteiger partial charge in [-0.05, 0) is 37.0 Å². The normalized spacial score (nSPS) is 13.3. The molecule has 0 aliphatic heterocycles. The summed E-state index contributed by atoms with van der Waals surface area (Å²) in [4.78, 5) is 20.0. The van der Waals surface area contributed by atoms with Gasteiger partial charge < -0.3 is 4.42 Å². The van der Waals surface area contributed by atoms with E-state index in [0.717, 1.165) is 35.2 Å². The Kier molecular flexibility index (Phi) is 4.17. The van der Waals surface area contributed by atoms with Crippen molar-refractivity contribution >= 4 is 33.3 Å².